The van der Waals surface area contributed by atoms with Crippen molar-refractivity contribution in [2.24, 2.45) is 0 Å². The van der Waals surface area contributed by atoms with Crippen LogP contribution in [0.4, 0.5) is 22.7 Å². The van der Waals surface area contributed by atoms with Crippen molar-refractivity contribution in [3.8, 4) is 11.5 Å². The lowest BCUT2D eigenvalue weighted by Crippen LogP contribution is -2.31. The van der Waals surface area contributed by atoms with Crippen LogP contribution in [0.1, 0.15) is 0 Å². The van der Waals surface area contributed by atoms with E-state index < -0.39 is 12.2 Å². The van der Waals surface area contributed by atoms with E-state index in [9.17, 15) is 10.2 Å². The lowest BCUT2D eigenvalue weighted by atomic mass is 10.2. The monoisotopic (exact) mass is 452 g/mol. The van der Waals surface area contributed by atoms with Crippen molar-refractivity contribution in [1.29, 1.82) is 0 Å². The van der Waals surface area contributed by atoms with E-state index >= 15 is 0 Å². The maximum atomic E-state index is 9.59. The maximum Gasteiger partial charge on any atom is 0.142 e. The van der Waals surface area contributed by atoms with Crippen LogP contribution in [0.3, 0.4) is 0 Å². The van der Waals surface area contributed by atoms with Crippen molar-refractivity contribution < 1.29 is 24.9 Å². The highest BCUT2D eigenvalue weighted by molar-refractivity contribution is 5.61. The summed E-state index contributed by atoms with van der Waals surface area (Å²) in [5.74, 6) is 1.01. The molecule has 0 radical (unpaired) electrons. The zero-order valence-corrected chi connectivity index (χ0v) is 18.8. The third-order valence-corrected chi connectivity index (χ3v) is 3.98. The molecular formula is C21H36N6O5. The number of aliphatic hydroxyl groups is 2. The van der Waals surface area contributed by atoms with Crippen molar-refractivity contribution in [2.45, 2.75) is 12.2 Å². The number of hydrogen-bond acceptors (Lipinski definition) is 11. The number of rotatable bonds is 10. The van der Waals surface area contributed by atoms with Crippen molar-refractivity contribution in [3.05, 3.63) is 36.4 Å². The molecule has 0 saturated carbocycles. The van der Waals surface area contributed by atoms with Crippen molar-refractivity contribution in [3.63, 3.8) is 0 Å². The predicted octanol–water partition coefficient (Wildman–Crippen LogP) is 0.0640. The fourth-order valence-corrected chi connectivity index (χ4v) is 2.60. The molecular weight excluding hydrogens is 416 g/mol. The van der Waals surface area contributed by atoms with Crippen LogP contribution in [0, 0.1) is 0 Å². The zero-order chi connectivity index (χ0) is 24.3. The average molecular weight is 453 g/mol. The fourth-order valence-electron chi connectivity index (χ4n) is 2.60. The number of nitrogen functional groups attached to an aromatic ring is 4. The molecule has 0 spiro atoms. The molecule has 0 heterocycles. The highest BCUT2D eigenvalue weighted by Gasteiger charge is 2.09. The van der Waals surface area contributed by atoms with Crippen LogP contribution in [0.25, 0.3) is 0 Å². The Hall–Kier alpha value is -2.96. The number of anilines is 4. The highest BCUT2D eigenvalue weighted by Crippen LogP contribution is 2.24. The van der Waals surface area contributed by atoms with Crippen LogP contribution in [0.2, 0.25) is 0 Å². The molecule has 0 aliphatic rings. The molecule has 11 heteroatoms. The number of benzene rings is 2. The molecule has 2 atom stereocenters. The topological polar surface area (TPSA) is 190 Å². The first-order chi connectivity index (χ1) is 15.0. The van der Waals surface area contributed by atoms with Gasteiger partial charge >= 0.3 is 0 Å². The van der Waals surface area contributed by atoms with Gasteiger partial charge in [-0.3, -0.25) is 0 Å². The number of hydrogen-bond donors (Lipinski definition) is 7. The minimum atomic E-state index is -0.785. The molecule has 0 fully saturated rings. The molecule has 180 valence electrons. The molecule has 2 unspecified atom stereocenters. The number of likely N-dealkylation sites (N-methyl/N-ethyl adjacent to an activating group) is 2. The number of nitrogens with zero attached hydrogens (tertiary/aromatic N) is 2. The van der Waals surface area contributed by atoms with Crippen LogP contribution >= 0.6 is 0 Å². The summed E-state index contributed by atoms with van der Waals surface area (Å²) in [5, 5.41) is 28.8. The average Bonchev–Trinajstić information content (AvgIpc) is 2.66. The van der Waals surface area contributed by atoms with Crippen LogP contribution in [-0.4, -0.2) is 85.0 Å². The summed E-state index contributed by atoms with van der Waals surface area (Å²) in [5.41, 5.74) is 24.5. The number of nitrogens with two attached hydrogens (primary N) is 4. The van der Waals surface area contributed by atoms with Gasteiger partial charge < -0.3 is 52.7 Å². The predicted molar refractivity (Wildman–Crippen MR) is 127 cm³/mol. The number of aliphatic hydroxyl groups excluding tert-OH is 2. The van der Waals surface area contributed by atoms with E-state index in [-0.39, 0.29) is 19.8 Å². The third-order valence-electron chi connectivity index (χ3n) is 3.98. The lowest BCUT2D eigenvalue weighted by Gasteiger charge is -2.17. The van der Waals surface area contributed by atoms with Gasteiger partial charge in [0.2, 0.25) is 0 Å². The van der Waals surface area contributed by atoms with Gasteiger partial charge in [0, 0.05) is 25.0 Å². The molecule has 2 rings (SSSR count). The first kappa shape index (κ1) is 27.1. The molecule has 0 aliphatic heterocycles. The quantitative estimate of drug-likeness (QED) is 0.191. The van der Waals surface area contributed by atoms with Gasteiger partial charge in [0.25, 0.3) is 0 Å². The van der Waals surface area contributed by atoms with Gasteiger partial charge in [0.1, 0.15) is 36.9 Å². The van der Waals surface area contributed by atoms with E-state index in [4.69, 9.17) is 37.6 Å². The highest BCUT2D eigenvalue weighted by atomic mass is 16.5. The molecule has 11 nitrogen and oxygen atoms in total. The van der Waals surface area contributed by atoms with Crippen molar-refractivity contribution in [2.75, 3.05) is 70.4 Å². The van der Waals surface area contributed by atoms with E-state index in [2.05, 4.69) is 0 Å². The molecule has 32 heavy (non-hydrogen) atoms. The van der Waals surface area contributed by atoms with E-state index in [0.717, 1.165) is 5.06 Å². The van der Waals surface area contributed by atoms with Gasteiger partial charge in [-0.2, -0.15) is 5.06 Å². The Labute approximate surface area is 188 Å². The summed E-state index contributed by atoms with van der Waals surface area (Å²) in [6, 6.07) is 9.93. The fraction of sp³-hybridized carbons (Fsp3) is 0.429. The minimum absolute atomic E-state index is 0.0546. The second-order valence-electron chi connectivity index (χ2n) is 7.63. The van der Waals surface area contributed by atoms with Crippen LogP contribution in [0.5, 0.6) is 11.5 Å². The zero-order valence-electron chi connectivity index (χ0n) is 18.8. The summed E-state index contributed by atoms with van der Waals surface area (Å²) in [7, 11) is 5.22. The minimum Gasteiger partial charge on any atom is -0.489 e. The van der Waals surface area contributed by atoms with Crippen molar-refractivity contribution in [1.82, 2.24) is 9.96 Å². The summed E-state index contributed by atoms with van der Waals surface area (Å²) >= 11 is 0. The second kappa shape index (κ2) is 13.5. The first-order valence-electron chi connectivity index (χ1n) is 9.94. The molecule has 2 aromatic rings. The summed E-state index contributed by atoms with van der Waals surface area (Å²) in [6.45, 7) is 0.926. The van der Waals surface area contributed by atoms with E-state index in [1.807, 2.05) is 19.0 Å². The van der Waals surface area contributed by atoms with Crippen LogP contribution in [0.15, 0.2) is 36.4 Å². The third kappa shape index (κ3) is 10.9. The lowest BCUT2D eigenvalue weighted by molar-refractivity contribution is -0.0949. The van der Waals surface area contributed by atoms with E-state index in [0.29, 0.717) is 40.8 Å². The first-order valence-corrected chi connectivity index (χ1v) is 9.94. The molecule has 11 N–H and O–H groups in total. The number of hydroxylamine groups is 2. The normalized spacial score (nSPS) is 12.8. The van der Waals surface area contributed by atoms with E-state index in [1.165, 1.54) is 7.05 Å². The van der Waals surface area contributed by atoms with Gasteiger partial charge in [-0.05, 0) is 50.5 Å². The van der Waals surface area contributed by atoms with E-state index in [1.54, 1.807) is 36.4 Å². The van der Waals surface area contributed by atoms with Crippen LogP contribution in [-0.2, 0) is 0 Å². The van der Waals surface area contributed by atoms with Crippen LogP contribution < -0.4 is 32.4 Å². The summed E-state index contributed by atoms with van der Waals surface area (Å²) < 4.78 is 10.7. The smallest absolute Gasteiger partial charge is 0.142 e. The summed E-state index contributed by atoms with van der Waals surface area (Å²) in [4.78, 5) is 1.89. The Morgan fingerprint density at radius 1 is 0.750 bits per heavy atom. The van der Waals surface area contributed by atoms with Gasteiger partial charge in [-0.15, -0.1) is 0 Å². The van der Waals surface area contributed by atoms with Crippen molar-refractivity contribution >= 4 is 22.7 Å². The molecule has 0 saturated heterocycles. The molecule has 2 aromatic carbocycles. The molecule has 0 aromatic heterocycles. The largest absolute Gasteiger partial charge is 0.489 e. The Morgan fingerprint density at radius 2 is 1.16 bits per heavy atom. The number of ether oxygens (including phenoxy) is 2. The molecule has 0 bridgehead atoms. The Morgan fingerprint density at radius 3 is 1.50 bits per heavy atom. The summed E-state index contributed by atoms with van der Waals surface area (Å²) in [6.07, 6.45) is -1.32. The maximum absolute atomic E-state index is 9.59. The van der Waals surface area contributed by atoms with Gasteiger partial charge in [-0.1, -0.05) is 0 Å². The van der Waals surface area contributed by atoms with Gasteiger partial charge in [-0.25, -0.2) is 0 Å². The standard InChI is InChI=1S/C11H19N3O2.C10H17N3O3/c1-14(2)6-9(15)7-16-11-4-3-8(12)5-10(11)13;1-13(15)5-8(14)6-16-10-3-2-7(11)4-9(10)12/h3-5,9,15H,6-7,12-13H2,1-2H3;2-4,8,14-15H,5-6,11-12H2,1H3. The Balaban J connectivity index is 0.000000320. The van der Waals surface area contributed by atoms with Gasteiger partial charge in [0.15, 0.2) is 0 Å². The van der Waals surface area contributed by atoms with Gasteiger partial charge in [0.05, 0.1) is 17.9 Å². The Bertz CT molecular complexity index is 754. The molecule has 0 aliphatic carbocycles. The Kier molecular flexibility index (Phi) is 11.4. The second-order valence-corrected chi connectivity index (χ2v) is 7.63. The SMILES string of the molecule is CN(C)CC(O)COc1ccc(N)cc1N.CN(O)CC(O)COc1ccc(N)cc1N. The molecule has 0 amide bonds.